The molecule has 1 saturated heterocycles. The van der Waals surface area contributed by atoms with E-state index in [0.717, 1.165) is 42.5 Å². The van der Waals surface area contributed by atoms with Crippen molar-refractivity contribution >= 4 is 17.4 Å². The lowest BCUT2D eigenvalue weighted by molar-refractivity contribution is 0.774. The number of rotatable bonds is 4. The smallest absolute Gasteiger partial charge is 0.147 e. The Balaban J connectivity index is 1.74. The Morgan fingerprint density at radius 3 is 2.86 bits per heavy atom. The summed E-state index contributed by atoms with van der Waals surface area (Å²) < 4.78 is 0. The molecule has 3 nitrogen and oxygen atoms in total. The summed E-state index contributed by atoms with van der Waals surface area (Å²) in [5.74, 6) is 1.48. The lowest BCUT2D eigenvalue weighted by Gasteiger charge is -2.19. The summed E-state index contributed by atoms with van der Waals surface area (Å²) in [4.78, 5) is 6.86. The zero-order chi connectivity index (χ0) is 14.7. The second-order valence-electron chi connectivity index (χ2n) is 5.52. The quantitative estimate of drug-likeness (QED) is 0.937. The molecule has 1 aliphatic rings. The van der Waals surface area contributed by atoms with Crippen LogP contribution in [0.25, 0.3) is 0 Å². The molecule has 3 rings (SSSR count). The predicted molar refractivity (Wildman–Crippen MR) is 88.0 cm³/mol. The highest BCUT2D eigenvalue weighted by molar-refractivity contribution is 6.33. The Kier molecular flexibility index (Phi) is 4.42. The topological polar surface area (TPSA) is 28.2 Å². The minimum Gasteiger partial charge on any atom is -0.355 e. The monoisotopic (exact) mass is 301 g/mol. The molecular formula is C17H20ClN3. The first-order valence-electron chi connectivity index (χ1n) is 7.37. The molecule has 0 amide bonds. The van der Waals surface area contributed by atoms with E-state index in [2.05, 4.69) is 45.5 Å². The number of hydrogen-bond acceptors (Lipinski definition) is 3. The van der Waals surface area contributed by atoms with Gasteiger partial charge in [-0.25, -0.2) is 4.98 Å². The molecule has 1 aromatic carbocycles. The summed E-state index contributed by atoms with van der Waals surface area (Å²) in [6.07, 6.45) is 3.06. The van der Waals surface area contributed by atoms with Crippen LogP contribution in [0.3, 0.4) is 0 Å². The van der Waals surface area contributed by atoms with E-state index in [-0.39, 0.29) is 0 Å². The molecule has 21 heavy (non-hydrogen) atoms. The third kappa shape index (κ3) is 3.20. The number of hydrogen-bond donors (Lipinski definition) is 1. The lowest BCUT2D eigenvalue weighted by Crippen LogP contribution is -2.21. The zero-order valence-corrected chi connectivity index (χ0v) is 13.0. The van der Waals surface area contributed by atoms with Gasteiger partial charge >= 0.3 is 0 Å². The van der Waals surface area contributed by atoms with Crippen molar-refractivity contribution in [2.75, 3.05) is 25.0 Å². The van der Waals surface area contributed by atoms with Crippen LogP contribution in [0.2, 0.25) is 5.02 Å². The molecule has 4 heteroatoms. The van der Waals surface area contributed by atoms with Crippen molar-refractivity contribution in [1.29, 1.82) is 0 Å². The van der Waals surface area contributed by atoms with Gasteiger partial charge in [-0.2, -0.15) is 0 Å². The van der Waals surface area contributed by atoms with Gasteiger partial charge in [0, 0.05) is 31.7 Å². The number of pyridine rings is 1. The van der Waals surface area contributed by atoms with E-state index in [4.69, 9.17) is 11.6 Å². The summed E-state index contributed by atoms with van der Waals surface area (Å²) in [6, 6.07) is 12.7. The standard InChI is InChI=1S/C17H20ClN3/c1-19-10-13-9-16(18)17(20-11-13)21-8-7-15(12-21)14-5-3-2-4-6-14/h2-6,9,11,15,19H,7-8,10,12H2,1H3. The van der Waals surface area contributed by atoms with Crippen molar-refractivity contribution in [3.8, 4) is 0 Å². The van der Waals surface area contributed by atoms with E-state index in [1.165, 1.54) is 5.56 Å². The molecule has 2 aromatic rings. The van der Waals surface area contributed by atoms with Gasteiger partial charge in [-0.3, -0.25) is 0 Å². The van der Waals surface area contributed by atoms with Gasteiger partial charge < -0.3 is 10.2 Å². The second-order valence-corrected chi connectivity index (χ2v) is 5.93. The molecule has 0 spiro atoms. The fraction of sp³-hybridized carbons (Fsp3) is 0.353. The number of benzene rings is 1. The Hall–Kier alpha value is -1.58. The van der Waals surface area contributed by atoms with Crippen LogP contribution < -0.4 is 10.2 Å². The molecule has 110 valence electrons. The Morgan fingerprint density at radius 1 is 1.33 bits per heavy atom. The van der Waals surface area contributed by atoms with Crippen molar-refractivity contribution in [3.05, 3.63) is 58.7 Å². The molecular weight excluding hydrogens is 282 g/mol. The Labute approximate surface area is 131 Å². The highest BCUT2D eigenvalue weighted by Crippen LogP contribution is 2.33. The molecule has 1 atom stereocenters. The summed E-state index contributed by atoms with van der Waals surface area (Å²) in [5, 5.41) is 3.86. The van der Waals surface area contributed by atoms with Crippen molar-refractivity contribution in [3.63, 3.8) is 0 Å². The predicted octanol–water partition coefficient (Wildman–Crippen LogP) is 3.45. The number of anilines is 1. The SMILES string of the molecule is CNCc1cnc(N2CCC(c3ccccc3)C2)c(Cl)c1. The first-order valence-corrected chi connectivity index (χ1v) is 7.74. The van der Waals surface area contributed by atoms with E-state index in [1.54, 1.807) is 0 Å². The molecule has 2 heterocycles. The average molecular weight is 302 g/mol. The van der Waals surface area contributed by atoms with Crippen LogP contribution in [0.1, 0.15) is 23.5 Å². The average Bonchev–Trinajstić information content (AvgIpc) is 2.98. The van der Waals surface area contributed by atoms with Gasteiger partial charge in [0.1, 0.15) is 5.82 Å². The van der Waals surface area contributed by atoms with Gasteiger partial charge in [0.2, 0.25) is 0 Å². The molecule has 1 N–H and O–H groups in total. The van der Waals surface area contributed by atoms with Crippen molar-refractivity contribution in [1.82, 2.24) is 10.3 Å². The van der Waals surface area contributed by atoms with Crippen LogP contribution in [0.15, 0.2) is 42.6 Å². The molecule has 0 saturated carbocycles. The van der Waals surface area contributed by atoms with Crippen molar-refractivity contribution < 1.29 is 0 Å². The maximum Gasteiger partial charge on any atom is 0.147 e. The zero-order valence-electron chi connectivity index (χ0n) is 12.2. The molecule has 1 aromatic heterocycles. The van der Waals surface area contributed by atoms with Crippen LogP contribution in [-0.2, 0) is 6.54 Å². The minimum absolute atomic E-state index is 0.570. The highest BCUT2D eigenvalue weighted by Gasteiger charge is 2.25. The van der Waals surface area contributed by atoms with E-state index in [1.807, 2.05) is 19.3 Å². The third-order valence-electron chi connectivity index (χ3n) is 4.02. The molecule has 0 bridgehead atoms. The van der Waals surface area contributed by atoms with Gasteiger partial charge in [-0.05, 0) is 30.7 Å². The van der Waals surface area contributed by atoms with E-state index < -0.39 is 0 Å². The maximum atomic E-state index is 6.41. The van der Waals surface area contributed by atoms with Crippen molar-refractivity contribution in [2.45, 2.75) is 18.9 Å². The van der Waals surface area contributed by atoms with Crippen molar-refractivity contribution in [2.24, 2.45) is 0 Å². The van der Waals surface area contributed by atoms with E-state index in [0.29, 0.717) is 5.92 Å². The number of aromatic nitrogens is 1. The Bertz CT molecular complexity index is 600. The first-order chi connectivity index (χ1) is 10.3. The Morgan fingerprint density at radius 2 is 2.14 bits per heavy atom. The highest BCUT2D eigenvalue weighted by atomic mass is 35.5. The summed E-state index contributed by atoms with van der Waals surface area (Å²) in [6.45, 7) is 2.79. The second kappa shape index (κ2) is 6.46. The summed E-state index contributed by atoms with van der Waals surface area (Å²) >= 11 is 6.41. The minimum atomic E-state index is 0.570. The maximum absolute atomic E-state index is 6.41. The number of halogens is 1. The van der Waals surface area contributed by atoms with E-state index >= 15 is 0 Å². The largest absolute Gasteiger partial charge is 0.355 e. The van der Waals surface area contributed by atoms with Gasteiger partial charge in [0.05, 0.1) is 5.02 Å². The molecule has 0 aliphatic carbocycles. The van der Waals surface area contributed by atoms with Crippen LogP contribution in [0.5, 0.6) is 0 Å². The lowest BCUT2D eigenvalue weighted by atomic mass is 9.99. The fourth-order valence-corrected chi connectivity index (χ4v) is 3.26. The van der Waals surface area contributed by atoms with Gasteiger partial charge in [0.25, 0.3) is 0 Å². The molecule has 1 aliphatic heterocycles. The first kappa shape index (κ1) is 14.4. The van der Waals surface area contributed by atoms with Gasteiger partial charge in [-0.15, -0.1) is 0 Å². The number of nitrogens with one attached hydrogen (secondary N) is 1. The fourth-order valence-electron chi connectivity index (χ4n) is 2.95. The molecule has 1 unspecified atom stereocenters. The van der Waals surface area contributed by atoms with Crippen LogP contribution in [0.4, 0.5) is 5.82 Å². The summed E-state index contributed by atoms with van der Waals surface area (Å²) in [5.41, 5.74) is 2.52. The van der Waals surface area contributed by atoms with Crippen LogP contribution in [-0.4, -0.2) is 25.1 Å². The third-order valence-corrected chi connectivity index (χ3v) is 4.30. The van der Waals surface area contributed by atoms with Crippen LogP contribution >= 0.6 is 11.6 Å². The molecule has 0 radical (unpaired) electrons. The number of nitrogens with zero attached hydrogens (tertiary/aromatic N) is 2. The molecule has 1 fully saturated rings. The normalized spacial score (nSPS) is 18.2. The van der Waals surface area contributed by atoms with E-state index in [9.17, 15) is 0 Å². The summed E-state index contributed by atoms with van der Waals surface area (Å²) in [7, 11) is 1.92. The van der Waals surface area contributed by atoms with Gasteiger partial charge in [-0.1, -0.05) is 41.9 Å². The van der Waals surface area contributed by atoms with Crippen LogP contribution in [0, 0.1) is 0 Å². The van der Waals surface area contributed by atoms with Gasteiger partial charge in [0.15, 0.2) is 0 Å².